The Bertz CT molecular complexity index is 1010. The summed E-state index contributed by atoms with van der Waals surface area (Å²) in [6.45, 7) is 2.44. The lowest BCUT2D eigenvalue weighted by atomic mass is 10.1. The first-order valence-electron chi connectivity index (χ1n) is 9.29. The molecule has 162 valence electrons. The van der Waals surface area contributed by atoms with Gasteiger partial charge in [-0.2, -0.15) is 4.31 Å². The molecule has 1 amide bonds. The molecule has 2 aromatic rings. The van der Waals surface area contributed by atoms with Gasteiger partial charge in [-0.05, 0) is 31.2 Å². The van der Waals surface area contributed by atoms with Gasteiger partial charge in [-0.1, -0.05) is 29.8 Å². The first-order valence-corrected chi connectivity index (χ1v) is 12.2. The van der Waals surface area contributed by atoms with E-state index in [0.717, 1.165) is 11.8 Å². The number of sulfonamides is 1. The third kappa shape index (κ3) is 4.96. The highest BCUT2D eigenvalue weighted by Crippen LogP contribution is 2.32. The number of benzene rings is 2. The van der Waals surface area contributed by atoms with Gasteiger partial charge >= 0.3 is 0 Å². The van der Waals surface area contributed by atoms with E-state index >= 15 is 0 Å². The lowest BCUT2D eigenvalue weighted by Gasteiger charge is -2.34. The van der Waals surface area contributed by atoms with E-state index in [4.69, 9.17) is 11.6 Å². The largest absolute Gasteiger partial charge is 0.339 e. The molecule has 1 atom stereocenters. The first kappa shape index (κ1) is 23.0. The standard InChI is InChI=1S/C20H21ClF2N2O3S2/c1-14(20-16(22)6-4-7-17(20)23)29-13-19(26)24-9-11-25(12-10-24)30(27,28)18-8-3-2-5-15(18)21/h2-8,14H,9-13H2,1H3. The summed E-state index contributed by atoms with van der Waals surface area (Å²) in [6, 6.07) is 9.91. The quantitative estimate of drug-likeness (QED) is 0.636. The zero-order valence-corrected chi connectivity index (χ0v) is 18.6. The maximum Gasteiger partial charge on any atom is 0.244 e. The molecule has 0 bridgehead atoms. The molecule has 1 aliphatic rings. The number of piperazine rings is 1. The molecule has 0 aliphatic carbocycles. The molecule has 3 rings (SSSR count). The van der Waals surface area contributed by atoms with Crippen molar-refractivity contribution >= 4 is 39.3 Å². The monoisotopic (exact) mass is 474 g/mol. The minimum Gasteiger partial charge on any atom is -0.339 e. The van der Waals surface area contributed by atoms with Crippen LogP contribution in [-0.2, 0) is 14.8 Å². The molecule has 0 spiro atoms. The fourth-order valence-electron chi connectivity index (χ4n) is 3.24. The second-order valence-corrected chi connectivity index (χ2v) is 10.4. The smallest absolute Gasteiger partial charge is 0.244 e. The highest BCUT2D eigenvalue weighted by molar-refractivity contribution is 8.00. The van der Waals surface area contributed by atoms with Crippen LogP contribution in [0.4, 0.5) is 8.78 Å². The highest BCUT2D eigenvalue weighted by Gasteiger charge is 2.31. The molecule has 0 aromatic heterocycles. The van der Waals surface area contributed by atoms with Gasteiger partial charge in [-0.25, -0.2) is 17.2 Å². The van der Waals surface area contributed by atoms with Crippen molar-refractivity contribution in [3.8, 4) is 0 Å². The second-order valence-electron chi connectivity index (χ2n) is 6.80. The Balaban J connectivity index is 1.56. The van der Waals surface area contributed by atoms with Gasteiger partial charge in [0, 0.05) is 37.0 Å². The molecule has 10 heteroatoms. The Morgan fingerprint density at radius 3 is 2.27 bits per heavy atom. The van der Waals surface area contributed by atoms with Gasteiger partial charge in [-0.15, -0.1) is 11.8 Å². The third-order valence-corrected chi connectivity index (χ3v) is 8.46. The topological polar surface area (TPSA) is 57.7 Å². The number of carbonyl (C=O) groups excluding carboxylic acids is 1. The van der Waals surface area contributed by atoms with Gasteiger partial charge in [0.2, 0.25) is 15.9 Å². The van der Waals surface area contributed by atoms with Crippen molar-refractivity contribution in [2.24, 2.45) is 0 Å². The van der Waals surface area contributed by atoms with Crippen LogP contribution >= 0.6 is 23.4 Å². The summed E-state index contributed by atoms with van der Waals surface area (Å²) in [6.07, 6.45) is 0. The molecule has 0 N–H and O–H groups in total. The van der Waals surface area contributed by atoms with E-state index in [1.807, 2.05) is 0 Å². The maximum absolute atomic E-state index is 13.9. The van der Waals surface area contributed by atoms with E-state index < -0.39 is 26.9 Å². The van der Waals surface area contributed by atoms with Crippen LogP contribution in [0, 0.1) is 11.6 Å². The SMILES string of the molecule is CC(SCC(=O)N1CCN(S(=O)(=O)c2ccccc2Cl)CC1)c1c(F)cccc1F. The van der Waals surface area contributed by atoms with Crippen molar-refractivity contribution in [2.45, 2.75) is 17.1 Å². The van der Waals surface area contributed by atoms with Crippen LogP contribution in [0.25, 0.3) is 0 Å². The van der Waals surface area contributed by atoms with Crippen molar-refractivity contribution < 1.29 is 22.0 Å². The maximum atomic E-state index is 13.9. The number of halogens is 3. The predicted octanol–water partition coefficient (Wildman–Crippen LogP) is 3.95. The highest BCUT2D eigenvalue weighted by atomic mass is 35.5. The minimum atomic E-state index is -3.74. The van der Waals surface area contributed by atoms with Crippen LogP contribution in [0.1, 0.15) is 17.7 Å². The summed E-state index contributed by atoms with van der Waals surface area (Å²) in [5.74, 6) is -1.42. The first-order chi connectivity index (χ1) is 14.2. The fourth-order valence-corrected chi connectivity index (χ4v) is 6.12. The van der Waals surface area contributed by atoms with Gasteiger partial charge in [0.05, 0.1) is 10.8 Å². The second kappa shape index (κ2) is 9.64. The number of rotatable bonds is 6. The lowest BCUT2D eigenvalue weighted by molar-refractivity contribution is -0.129. The van der Waals surface area contributed by atoms with Crippen molar-refractivity contribution in [3.05, 3.63) is 64.7 Å². The van der Waals surface area contributed by atoms with Crippen LogP contribution in [0.15, 0.2) is 47.4 Å². The zero-order chi connectivity index (χ0) is 21.9. The molecule has 2 aromatic carbocycles. The predicted molar refractivity (Wildman–Crippen MR) is 114 cm³/mol. The van der Waals surface area contributed by atoms with Gasteiger partial charge in [0.15, 0.2) is 0 Å². The average molecular weight is 475 g/mol. The molecular weight excluding hydrogens is 454 g/mol. The van der Waals surface area contributed by atoms with E-state index in [1.54, 1.807) is 24.0 Å². The van der Waals surface area contributed by atoms with E-state index in [1.165, 1.54) is 34.6 Å². The van der Waals surface area contributed by atoms with Crippen molar-refractivity contribution in [1.82, 2.24) is 9.21 Å². The summed E-state index contributed by atoms with van der Waals surface area (Å²) in [5, 5.41) is -0.376. The normalized spacial score (nSPS) is 16.5. The van der Waals surface area contributed by atoms with Crippen LogP contribution < -0.4 is 0 Å². The lowest BCUT2D eigenvalue weighted by Crippen LogP contribution is -2.51. The molecule has 1 saturated heterocycles. The van der Waals surface area contributed by atoms with Crippen molar-refractivity contribution in [2.75, 3.05) is 31.9 Å². The molecule has 1 aliphatic heterocycles. The molecule has 5 nitrogen and oxygen atoms in total. The minimum absolute atomic E-state index is 0.0442. The Hall–Kier alpha value is -1.68. The molecule has 1 unspecified atom stereocenters. The molecule has 30 heavy (non-hydrogen) atoms. The van der Waals surface area contributed by atoms with Crippen LogP contribution in [-0.4, -0.2) is 55.5 Å². The molecule has 0 saturated carbocycles. The van der Waals surface area contributed by atoms with Crippen LogP contribution in [0.3, 0.4) is 0 Å². The Morgan fingerprint density at radius 1 is 1.07 bits per heavy atom. The number of carbonyl (C=O) groups is 1. The number of hydrogen-bond acceptors (Lipinski definition) is 4. The summed E-state index contributed by atoms with van der Waals surface area (Å²) in [4.78, 5) is 14.1. The van der Waals surface area contributed by atoms with E-state index in [0.29, 0.717) is 0 Å². The third-order valence-electron chi connectivity index (χ3n) is 4.91. The number of hydrogen-bond donors (Lipinski definition) is 0. The van der Waals surface area contributed by atoms with E-state index in [-0.39, 0.29) is 53.3 Å². The Morgan fingerprint density at radius 2 is 1.67 bits per heavy atom. The van der Waals surface area contributed by atoms with Gasteiger partial charge < -0.3 is 4.90 Å². The Kier molecular flexibility index (Phi) is 7.38. The molecule has 0 radical (unpaired) electrons. The van der Waals surface area contributed by atoms with Crippen molar-refractivity contribution in [1.29, 1.82) is 0 Å². The fraction of sp³-hybridized carbons (Fsp3) is 0.350. The van der Waals surface area contributed by atoms with Gasteiger partial charge in [0.25, 0.3) is 0 Å². The van der Waals surface area contributed by atoms with Crippen LogP contribution in [0.2, 0.25) is 5.02 Å². The average Bonchev–Trinajstić information content (AvgIpc) is 2.72. The molecular formula is C20H21ClF2N2O3S2. The molecule has 1 fully saturated rings. The zero-order valence-electron chi connectivity index (χ0n) is 16.2. The number of nitrogens with zero attached hydrogens (tertiary/aromatic N) is 2. The summed E-state index contributed by atoms with van der Waals surface area (Å²) in [5.41, 5.74) is -0.0500. The van der Waals surface area contributed by atoms with E-state index in [2.05, 4.69) is 0 Å². The van der Waals surface area contributed by atoms with Gasteiger partial charge in [-0.3, -0.25) is 4.79 Å². The summed E-state index contributed by atoms with van der Waals surface area (Å²) < 4.78 is 54.6. The summed E-state index contributed by atoms with van der Waals surface area (Å²) >= 11 is 7.17. The summed E-state index contributed by atoms with van der Waals surface area (Å²) in [7, 11) is -3.74. The number of amides is 1. The van der Waals surface area contributed by atoms with E-state index in [9.17, 15) is 22.0 Å². The van der Waals surface area contributed by atoms with Gasteiger partial charge in [0.1, 0.15) is 16.5 Å². The number of thioether (sulfide) groups is 1. The molecule has 1 heterocycles. The van der Waals surface area contributed by atoms with Crippen molar-refractivity contribution in [3.63, 3.8) is 0 Å². The Labute approximate surface area is 184 Å². The van der Waals surface area contributed by atoms with Crippen LogP contribution in [0.5, 0.6) is 0 Å².